The number of nitrogens with zero attached hydrogens (tertiary/aromatic N) is 1. The maximum absolute atomic E-state index is 11.7. The third-order valence-corrected chi connectivity index (χ3v) is 3.03. The van der Waals surface area contributed by atoms with E-state index >= 15 is 0 Å². The highest BCUT2D eigenvalue weighted by Gasteiger charge is 2.01. The molecule has 2 aromatic rings. The Bertz CT molecular complexity index is 706. The molecule has 0 aliphatic carbocycles. The van der Waals surface area contributed by atoms with Gasteiger partial charge in [-0.1, -0.05) is 48.5 Å². The van der Waals surface area contributed by atoms with Crippen LogP contribution in [0, 0.1) is 6.92 Å². The Hall–Kier alpha value is -2.88. The summed E-state index contributed by atoms with van der Waals surface area (Å²) in [5.74, 6) is 0.379. The van der Waals surface area contributed by atoms with Gasteiger partial charge in [-0.05, 0) is 43.2 Å². The first-order valence-corrected chi connectivity index (χ1v) is 7.39. The molecule has 4 nitrogen and oxygen atoms in total. The third kappa shape index (κ3) is 6.18. The maximum atomic E-state index is 11.7. The number of aryl methyl sites for hydroxylation is 1. The van der Waals surface area contributed by atoms with Crippen molar-refractivity contribution in [1.82, 2.24) is 5.43 Å². The van der Waals surface area contributed by atoms with Crippen LogP contribution in [0.25, 0.3) is 6.08 Å². The monoisotopic (exact) mass is 308 g/mol. The predicted molar refractivity (Wildman–Crippen MR) is 93.4 cm³/mol. The zero-order chi connectivity index (χ0) is 16.5. The van der Waals surface area contributed by atoms with Crippen molar-refractivity contribution in [2.75, 3.05) is 6.61 Å². The van der Waals surface area contributed by atoms with Gasteiger partial charge in [0.1, 0.15) is 5.75 Å². The van der Waals surface area contributed by atoms with Gasteiger partial charge < -0.3 is 4.74 Å². The summed E-state index contributed by atoms with van der Waals surface area (Å²) in [7, 11) is 0. The molecule has 1 amide bonds. The zero-order valence-electron chi connectivity index (χ0n) is 13.3. The van der Waals surface area contributed by atoms with E-state index in [0.717, 1.165) is 11.1 Å². The van der Waals surface area contributed by atoms with Crippen molar-refractivity contribution in [1.29, 1.82) is 0 Å². The number of ether oxygens (including phenoxy) is 1. The Morgan fingerprint density at radius 2 is 1.96 bits per heavy atom. The number of carbonyl (C=O) groups excluding carboxylic acids is 1. The summed E-state index contributed by atoms with van der Waals surface area (Å²) in [6.07, 6.45) is 3.78. The molecule has 2 aromatic carbocycles. The first-order valence-electron chi connectivity index (χ1n) is 7.39. The molecule has 0 aromatic heterocycles. The Morgan fingerprint density at radius 3 is 2.70 bits per heavy atom. The minimum absolute atomic E-state index is 0.0668. The highest BCUT2D eigenvalue weighted by Crippen LogP contribution is 2.11. The van der Waals surface area contributed by atoms with Gasteiger partial charge in [-0.15, -0.1) is 0 Å². The Morgan fingerprint density at radius 1 is 1.17 bits per heavy atom. The Balaban J connectivity index is 1.79. The number of rotatable bonds is 6. The van der Waals surface area contributed by atoms with Crippen LogP contribution in [0.3, 0.4) is 0 Å². The molecule has 0 spiro atoms. The lowest BCUT2D eigenvalue weighted by Crippen LogP contribution is -2.25. The number of carbonyl (C=O) groups is 1. The molecule has 0 atom stereocenters. The first-order chi connectivity index (χ1) is 11.1. The molecular weight excluding hydrogens is 288 g/mol. The molecule has 0 saturated carbocycles. The molecule has 0 bridgehead atoms. The van der Waals surface area contributed by atoms with E-state index in [1.165, 1.54) is 0 Å². The van der Waals surface area contributed by atoms with E-state index in [1.807, 2.05) is 80.6 Å². The van der Waals surface area contributed by atoms with Gasteiger partial charge in [0.2, 0.25) is 0 Å². The fourth-order valence-corrected chi connectivity index (χ4v) is 1.86. The average molecular weight is 308 g/mol. The van der Waals surface area contributed by atoms with Gasteiger partial charge in [-0.25, -0.2) is 5.43 Å². The summed E-state index contributed by atoms with van der Waals surface area (Å²) in [4.78, 5) is 11.7. The lowest BCUT2D eigenvalue weighted by atomic mass is 10.2. The van der Waals surface area contributed by atoms with Crippen LogP contribution < -0.4 is 10.2 Å². The van der Waals surface area contributed by atoms with Gasteiger partial charge in [-0.2, -0.15) is 5.10 Å². The van der Waals surface area contributed by atoms with Gasteiger partial charge in [0.15, 0.2) is 6.61 Å². The zero-order valence-corrected chi connectivity index (χ0v) is 13.3. The normalized spacial score (nSPS) is 11.5. The minimum atomic E-state index is -0.293. The van der Waals surface area contributed by atoms with Gasteiger partial charge in [0, 0.05) is 0 Å². The maximum Gasteiger partial charge on any atom is 0.277 e. The van der Waals surface area contributed by atoms with Crippen molar-refractivity contribution in [2.45, 2.75) is 13.8 Å². The van der Waals surface area contributed by atoms with E-state index in [9.17, 15) is 4.79 Å². The standard InChI is InChI=1S/C19H20N2O2/c1-15-7-6-10-18(13-15)23-14-19(22)21-20-16(2)11-12-17-8-4-3-5-9-17/h3-13H,14H2,1-2H3,(H,21,22). The fraction of sp³-hybridized carbons (Fsp3) is 0.158. The molecule has 0 aliphatic rings. The second-order valence-corrected chi connectivity index (χ2v) is 5.14. The van der Waals surface area contributed by atoms with Crippen molar-refractivity contribution >= 4 is 17.7 Å². The van der Waals surface area contributed by atoms with Crippen molar-refractivity contribution in [3.63, 3.8) is 0 Å². The van der Waals surface area contributed by atoms with Crippen LogP contribution in [0.1, 0.15) is 18.1 Å². The number of hydrazone groups is 1. The summed E-state index contributed by atoms with van der Waals surface area (Å²) in [6, 6.07) is 17.5. The molecule has 0 saturated heterocycles. The largest absolute Gasteiger partial charge is 0.484 e. The number of allylic oxidation sites excluding steroid dienone is 1. The highest BCUT2D eigenvalue weighted by molar-refractivity contribution is 5.97. The van der Waals surface area contributed by atoms with Gasteiger partial charge in [0.25, 0.3) is 5.91 Å². The average Bonchev–Trinajstić information content (AvgIpc) is 2.57. The predicted octanol–water partition coefficient (Wildman–Crippen LogP) is 3.58. The van der Waals surface area contributed by atoms with Crippen LogP contribution in [-0.2, 0) is 4.79 Å². The molecule has 118 valence electrons. The van der Waals surface area contributed by atoms with Crippen molar-refractivity contribution in [2.24, 2.45) is 5.10 Å². The molecule has 2 rings (SSSR count). The molecule has 0 radical (unpaired) electrons. The smallest absolute Gasteiger partial charge is 0.277 e. The van der Waals surface area contributed by atoms with E-state index in [2.05, 4.69) is 10.5 Å². The summed E-state index contributed by atoms with van der Waals surface area (Å²) in [5, 5.41) is 4.02. The van der Waals surface area contributed by atoms with Gasteiger partial charge >= 0.3 is 0 Å². The van der Waals surface area contributed by atoms with E-state index in [4.69, 9.17) is 4.74 Å². The molecule has 23 heavy (non-hydrogen) atoms. The minimum Gasteiger partial charge on any atom is -0.484 e. The van der Waals surface area contributed by atoms with E-state index in [1.54, 1.807) is 0 Å². The number of hydrogen-bond donors (Lipinski definition) is 1. The van der Waals surface area contributed by atoms with Crippen molar-refractivity contribution in [3.05, 3.63) is 71.8 Å². The van der Waals surface area contributed by atoms with E-state index < -0.39 is 0 Å². The number of amides is 1. The van der Waals surface area contributed by atoms with E-state index in [0.29, 0.717) is 11.5 Å². The molecule has 0 heterocycles. The van der Waals surface area contributed by atoms with Crippen LogP contribution in [0.2, 0.25) is 0 Å². The molecule has 1 N–H and O–H groups in total. The molecule has 0 unspecified atom stereocenters. The summed E-state index contributed by atoms with van der Waals surface area (Å²) in [6.45, 7) is 3.73. The van der Waals surface area contributed by atoms with E-state index in [-0.39, 0.29) is 12.5 Å². The van der Waals surface area contributed by atoms with Crippen LogP contribution in [0.15, 0.2) is 65.8 Å². The van der Waals surface area contributed by atoms with Crippen LogP contribution in [-0.4, -0.2) is 18.2 Å². The third-order valence-electron chi connectivity index (χ3n) is 3.03. The van der Waals surface area contributed by atoms with Crippen molar-refractivity contribution < 1.29 is 9.53 Å². The van der Waals surface area contributed by atoms with Crippen LogP contribution in [0.5, 0.6) is 5.75 Å². The van der Waals surface area contributed by atoms with Crippen LogP contribution in [0.4, 0.5) is 0 Å². The van der Waals surface area contributed by atoms with Crippen LogP contribution >= 0.6 is 0 Å². The highest BCUT2D eigenvalue weighted by atomic mass is 16.5. The number of benzene rings is 2. The number of nitrogens with one attached hydrogen (secondary N) is 1. The van der Waals surface area contributed by atoms with Crippen molar-refractivity contribution in [3.8, 4) is 5.75 Å². The number of hydrogen-bond acceptors (Lipinski definition) is 3. The SMILES string of the molecule is CC(C=Cc1ccccc1)=NNC(=O)COc1cccc(C)c1. The van der Waals surface area contributed by atoms with Gasteiger partial charge in [0.05, 0.1) is 5.71 Å². The molecular formula is C19H20N2O2. The summed E-state index contributed by atoms with van der Waals surface area (Å²) >= 11 is 0. The molecule has 0 fully saturated rings. The molecule has 4 heteroatoms. The topological polar surface area (TPSA) is 50.7 Å². The second-order valence-electron chi connectivity index (χ2n) is 5.14. The quantitative estimate of drug-likeness (QED) is 0.655. The Labute approximate surface area is 136 Å². The summed E-state index contributed by atoms with van der Waals surface area (Å²) < 4.78 is 5.41. The second kappa shape index (κ2) is 8.54. The fourth-order valence-electron chi connectivity index (χ4n) is 1.86. The van der Waals surface area contributed by atoms with Gasteiger partial charge in [-0.3, -0.25) is 4.79 Å². The Kier molecular flexibility index (Phi) is 6.12. The molecule has 0 aliphatic heterocycles. The lowest BCUT2D eigenvalue weighted by molar-refractivity contribution is -0.123. The lowest BCUT2D eigenvalue weighted by Gasteiger charge is -2.05. The first kappa shape index (κ1) is 16.5. The summed E-state index contributed by atoms with van der Waals surface area (Å²) in [5.41, 5.74) is 5.35.